The van der Waals surface area contributed by atoms with Gasteiger partial charge in [0.2, 0.25) is 0 Å². The van der Waals surface area contributed by atoms with E-state index in [0.29, 0.717) is 17.5 Å². The monoisotopic (exact) mass is 776 g/mol. The van der Waals surface area contributed by atoms with Gasteiger partial charge in [-0.15, -0.1) is 0 Å². The molecule has 10 aromatic carbocycles. The summed E-state index contributed by atoms with van der Waals surface area (Å²) in [7, 11) is 0. The average Bonchev–Trinajstić information content (AvgIpc) is 3.68. The molecule has 0 saturated heterocycles. The van der Waals surface area contributed by atoms with Gasteiger partial charge in [0, 0.05) is 38.5 Å². The lowest BCUT2D eigenvalue weighted by Gasteiger charge is -2.17. The fourth-order valence-electron chi connectivity index (χ4n) is 9.17. The lowest BCUT2D eigenvalue weighted by Crippen LogP contribution is -2.01. The van der Waals surface area contributed by atoms with Crippen LogP contribution < -0.4 is 0 Å². The summed E-state index contributed by atoms with van der Waals surface area (Å²) < 4.78 is 2.38. The average molecular weight is 777 g/mol. The van der Waals surface area contributed by atoms with Crippen molar-refractivity contribution in [2.24, 2.45) is 0 Å². The molecule has 0 saturated carbocycles. The van der Waals surface area contributed by atoms with Crippen LogP contribution in [0.25, 0.3) is 116 Å². The Morgan fingerprint density at radius 1 is 0.262 bits per heavy atom. The first-order chi connectivity index (χ1) is 30.2. The van der Waals surface area contributed by atoms with E-state index in [0.717, 1.165) is 49.7 Å². The highest BCUT2D eigenvalue weighted by Gasteiger charge is 2.20. The number of hydrogen-bond donors (Lipinski definition) is 0. The fraction of sp³-hybridized carbons (Fsp3) is 0. The third-order valence-corrected chi connectivity index (χ3v) is 12.0. The summed E-state index contributed by atoms with van der Waals surface area (Å²) in [6.45, 7) is 0. The molecule has 0 atom stereocenters. The molecular formula is C57H36N4. The van der Waals surface area contributed by atoms with E-state index in [1.165, 1.54) is 49.1 Å². The Hall–Kier alpha value is -8.21. The smallest absolute Gasteiger partial charge is 0.164 e. The Kier molecular flexibility index (Phi) is 8.13. The van der Waals surface area contributed by atoms with Crippen LogP contribution in [-0.4, -0.2) is 19.5 Å². The van der Waals surface area contributed by atoms with Crippen molar-refractivity contribution in [3.05, 3.63) is 218 Å². The minimum Gasteiger partial charge on any atom is -0.309 e. The molecule has 0 spiro atoms. The van der Waals surface area contributed by atoms with Crippen LogP contribution >= 0.6 is 0 Å². The predicted molar refractivity (Wildman–Crippen MR) is 254 cm³/mol. The fourth-order valence-corrected chi connectivity index (χ4v) is 9.17. The molecule has 61 heavy (non-hydrogen) atoms. The van der Waals surface area contributed by atoms with Crippen molar-refractivity contribution in [2.75, 3.05) is 0 Å². The van der Waals surface area contributed by atoms with Gasteiger partial charge in [0.25, 0.3) is 0 Å². The van der Waals surface area contributed by atoms with Gasteiger partial charge in [-0.1, -0.05) is 176 Å². The molecule has 0 fully saturated rings. The summed E-state index contributed by atoms with van der Waals surface area (Å²) in [6, 6.07) is 77.6. The minimum absolute atomic E-state index is 0.636. The highest BCUT2D eigenvalue weighted by atomic mass is 15.0. The Morgan fingerprint density at radius 3 is 1.34 bits per heavy atom. The molecule has 0 aliphatic carbocycles. The third kappa shape index (κ3) is 5.88. The van der Waals surface area contributed by atoms with Gasteiger partial charge in [0.15, 0.2) is 17.5 Å². The topological polar surface area (TPSA) is 43.6 Å². The SMILES string of the molecule is c1ccc(-c2ccc3c(c2)c2ccccc2n3-c2ccc(-c3cc(-c4nc(-c5ccccc5)nc(-c5ccccc5)n4)c4c5ccccc5c5ccccc5c4c3)cc2)cc1. The molecular weight excluding hydrogens is 741 g/mol. The molecule has 0 radical (unpaired) electrons. The Bertz CT molecular complexity index is 3560. The summed E-state index contributed by atoms with van der Waals surface area (Å²) in [5.41, 5.74) is 10.9. The van der Waals surface area contributed by atoms with Crippen LogP contribution in [0.1, 0.15) is 0 Å². The van der Waals surface area contributed by atoms with Crippen molar-refractivity contribution < 1.29 is 0 Å². The molecule has 4 heteroatoms. The van der Waals surface area contributed by atoms with Gasteiger partial charge in [0.1, 0.15) is 0 Å². The number of hydrogen-bond acceptors (Lipinski definition) is 3. The Morgan fingerprint density at radius 2 is 0.705 bits per heavy atom. The maximum atomic E-state index is 5.28. The predicted octanol–water partition coefficient (Wildman–Crippen LogP) is 14.8. The van der Waals surface area contributed by atoms with Gasteiger partial charge >= 0.3 is 0 Å². The lowest BCUT2D eigenvalue weighted by molar-refractivity contribution is 1.08. The highest BCUT2D eigenvalue weighted by Crippen LogP contribution is 2.43. The molecule has 4 nitrogen and oxygen atoms in total. The lowest BCUT2D eigenvalue weighted by atomic mass is 9.88. The normalized spacial score (nSPS) is 11.6. The second-order valence-electron chi connectivity index (χ2n) is 15.6. The molecule has 12 aromatic rings. The second-order valence-corrected chi connectivity index (χ2v) is 15.6. The van der Waals surface area contributed by atoms with Gasteiger partial charge < -0.3 is 4.57 Å². The summed E-state index contributed by atoms with van der Waals surface area (Å²) in [6.07, 6.45) is 0. The van der Waals surface area contributed by atoms with Crippen LogP contribution in [0.15, 0.2) is 218 Å². The van der Waals surface area contributed by atoms with Gasteiger partial charge in [-0.05, 0) is 91.6 Å². The number of para-hydroxylation sites is 1. The number of rotatable bonds is 6. The van der Waals surface area contributed by atoms with Gasteiger partial charge in [-0.2, -0.15) is 0 Å². The van der Waals surface area contributed by atoms with Crippen molar-refractivity contribution in [3.8, 4) is 62.1 Å². The highest BCUT2D eigenvalue weighted by molar-refractivity contribution is 6.29. The van der Waals surface area contributed by atoms with Crippen LogP contribution in [0.5, 0.6) is 0 Å². The molecule has 0 unspecified atom stereocenters. The zero-order valence-electron chi connectivity index (χ0n) is 33.1. The summed E-state index contributed by atoms with van der Waals surface area (Å²) in [4.78, 5) is 15.6. The maximum Gasteiger partial charge on any atom is 0.164 e. The van der Waals surface area contributed by atoms with E-state index in [9.17, 15) is 0 Å². The van der Waals surface area contributed by atoms with E-state index in [1.807, 2.05) is 36.4 Å². The van der Waals surface area contributed by atoms with E-state index in [2.05, 4.69) is 187 Å². The maximum absolute atomic E-state index is 5.28. The largest absolute Gasteiger partial charge is 0.309 e. The summed E-state index contributed by atoms with van der Waals surface area (Å²) in [5, 5.41) is 9.53. The molecule has 2 aromatic heterocycles. The van der Waals surface area contributed by atoms with Crippen molar-refractivity contribution in [3.63, 3.8) is 0 Å². The number of aromatic nitrogens is 4. The van der Waals surface area contributed by atoms with Crippen LogP contribution in [0.3, 0.4) is 0 Å². The quantitative estimate of drug-likeness (QED) is 0.158. The molecule has 2 heterocycles. The first-order valence-electron chi connectivity index (χ1n) is 20.7. The zero-order chi connectivity index (χ0) is 40.3. The van der Waals surface area contributed by atoms with Gasteiger partial charge in [-0.3, -0.25) is 0 Å². The number of fused-ring (bicyclic) bond motifs is 9. The van der Waals surface area contributed by atoms with E-state index < -0.39 is 0 Å². The first-order valence-corrected chi connectivity index (χ1v) is 20.7. The summed E-state index contributed by atoms with van der Waals surface area (Å²) in [5.74, 6) is 1.91. The van der Waals surface area contributed by atoms with Crippen molar-refractivity contribution in [1.29, 1.82) is 0 Å². The Balaban J connectivity index is 1.08. The van der Waals surface area contributed by atoms with Crippen molar-refractivity contribution in [1.82, 2.24) is 19.5 Å². The van der Waals surface area contributed by atoms with Crippen LogP contribution in [0, 0.1) is 0 Å². The number of benzene rings is 10. The van der Waals surface area contributed by atoms with E-state index >= 15 is 0 Å². The Labute approximate surface area is 352 Å². The van der Waals surface area contributed by atoms with E-state index in [4.69, 9.17) is 15.0 Å². The molecule has 12 rings (SSSR count). The standard InChI is InChI=1S/C57H36N4/c1-4-16-37(17-5-1)41-30-33-53-49(34-41)47-25-14-15-27-52(47)61(53)43-31-28-38(29-32-43)42-35-50-46-24-11-10-22-44(46)45-23-12-13-26-48(45)54(50)51(36-42)57-59-55(39-18-6-2-7-19-39)58-56(60-57)40-20-8-3-9-21-40/h1-36H. The summed E-state index contributed by atoms with van der Waals surface area (Å²) >= 11 is 0. The van der Waals surface area contributed by atoms with Crippen LogP contribution in [0.2, 0.25) is 0 Å². The molecule has 284 valence electrons. The first kappa shape index (κ1) is 34.8. The van der Waals surface area contributed by atoms with Gasteiger partial charge in [0.05, 0.1) is 11.0 Å². The van der Waals surface area contributed by atoms with Crippen molar-refractivity contribution in [2.45, 2.75) is 0 Å². The van der Waals surface area contributed by atoms with E-state index in [1.54, 1.807) is 0 Å². The van der Waals surface area contributed by atoms with Gasteiger partial charge in [-0.25, -0.2) is 15.0 Å². The molecule has 0 N–H and O–H groups in total. The zero-order valence-corrected chi connectivity index (χ0v) is 33.1. The molecule has 0 amide bonds. The third-order valence-electron chi connectivity index (χ3n) is 12.0. The van der Waals surface area contributed by atoms with E-state index in [-0.39, 0.29) is 0 Å². The molecule has 0 aliphatic rings. The minimum atomic E-state index is 0.636. The second kappa shape index (κ2) is 14.3. The van der Waals surface area contributed by atoms with Crippen LogP contribution in [0.4, 0.5) is 0 Å². The van der Waals surface area contributed by atoms with Crippen LogP contribution in [-0.2, 0) is 0 Å². The molecule has 0 bridgehead atoms. The molecule has 0 aliphatic heterocycles. The number of nitrogens with zero attached hydrogens (tertiary/aromatic N) is 4. The van der Waals surface area contributed by atoms with Crippen molar-refractivity contribution >= 4 is 54.1 Å².